The van der Waals surface area contributed by atoms with Crippen molar-refractivity contribution in [3.8, 4) is 0 Å². The molecule has 16 heavy (non-hydrogen) atoms. The van der Waals surface area contributed by atoms with E-state index in [9.17, 15) is 4.79 Å². The van der Waals surface area contributed by atoms with Crippen molar-refractivity contribution >= 4 is 5.78 Å². The van der Waals surface area contributed by atoms with Gasteiger partial charge >= 0.3 is 0 Å². The zero-order valence-electron chi connectivity index (χ0n) is 9.99. The fourth-order valence-corrected chi connectivity index (χ4v) is 2.24. The number of fused-ring (bicyclic) bond motifs is 1. The zero-order chi connectivity index (χ0) is 11.5. The van der Waals surface area contributed by atoms with Crippen LogP contribution in [0.3, 0.4) is 0 Å². The van der Waals surface area contributed by atoms with Crippen LogP contribution in [0, 0.1) is 5.92 Å². The van der Waals surface area contributed by atoms with Crippen LogP contribution < -0.4 is 5.32 Å². The minimum Gasteiger partial charge on any atom is -0.303 e. The number of nitrogens with one attached hydrogen (secondary N) is 1. The monoisotopic (exact) mass is 217 g/mol. The largest absolute Gasteiger partial charge is 0.303 e. The van der Waals surface area contributed by atoms with Crippen LogP contribution in [0.4, 0.5) is 0 Å². The van der Waals surface area contributed by atoms with E-state index >= 15 is 0 Å². The summed E-state index contributed by atoms with van der Waals surface area (Å²) in [6, 6.07) is 8.19. The number of hydrogen-bond acceptors (Lipinski definition) is 2. The van der Waals surface area contributed by atoms with Gasteiger partial charge < -0.3 is 5.32 Å². The SMILES string of the molecule is CCC(C)C(=O)C1NCCc2ccccc21. The minimum atomic E-state index is -0.0834. The van der Waals surface area contributed by atoms with Gasteiger partial charge in [-0.25, -0.2) is 0 Å². The Balaban J connectivity index is 2.28. The van der Waals surface area contributed by atoms with E-state index in [0.717, 1.165) is 19.4 Å². The van der Waals surface area contributed by atoms with Crippen LogP contribution in [-0.4, -0.2) is 12.3 Å². The number of hydrogen-bond donors (Lipinski definition) is 1. The van der Waals surface area contributed by atoms with Gasteiger partial charge in [-0.1, -0.05) is 38.1 Å². The van der Waals surface area contributed by atoms with Crippen molar-refractivity contribution in [2.45, 2.75) is 32.7 Å². The summed E-state index contributed by atoms with van der Waals surface area (Å²) in [7, 11) is 0. The molecule has 0 spiro atoms. The number of carbonyl (C=O) groups is 1. The average molecular weight is 217 g/mol. The van der Waals surface area contributed by atoms with E-state index < -0.39 is 0 Å². The summed E-state index contributed by atoms with van der Waals surface area (Å²) in [5.74, 6) is 0.471. The van der Waals surface area contributed by atoms with E-state index in [4.69, 9.17) is 0 Å². The third kappa shape index (κ3) is 2.03. The van der Waals surface area contributed by atoms with E-state index in [1.807, 2.05) is 13.0 Å². The van der Waals surface area contributed by atoms with Gasteiger partial charge in [0.2, 0.25) is 0 Å². The summed E-state index contributed by atoms with van der Waals surface area (Å²) >= 11 is 0. The Morgan fingerprint density at radius 1 is 1.50 bits per heavy atom. The summed E-state index contributed by atoms with van der Waals surface area (Å²) in [6.45, 7) is 4.99. The average Bonchev–Trinajstić information content (AvgIpc) is 2.36. The first-order chi connectivity index (χ1) is 7.74. The molecule has 0 saturated carbocycles. The fourth-order valence-electron chi connectivity index (χ4n) is 2.24. The highest BCUT2D eigenvalue weighted by Gasteiger charge is 2.27. The van der Waals surface area contributed by atoms with Crippen molar-refractivity contribution in [3.05, 3.63) is 35.4 Å². The van der Waals surface area contributed by atoms with Crippen LogP contribution in [0.5, 0.6) is 0 Å². The van der Waals surface area contributed by atoms with Crippen molar-refractivity contribution in [3.63, 3.8) is 0 Å². The van der Waals surface area contributed by atoms with E-state index in [-0.39, 0.29) is 12.0 Å². The summed E-state index contributed by atoms with van der Waals surface area (Å²) in [5.41, 5.74) is 2.50. The Hall–Kier alpha value is -1.15. The molecule has 2 rings (SSSR count). The van der Waals surface area contributed by atoms with Gasteiger partial charge in [0.15, 0.2) is 5.78 Å². The molecule has 2 heteroatoms. The Morgan fingerprint density at radius 2 is 2.25 bits per heavy atom. The number of Topliss-reactive ketones (excluding diaryl/α,β-unsaturated/α-hetero) is 1. The van der Waals surface area contributed by atoms with Crippen LogP contribution in [-0.2, 0) is 11.2 Å². The van der Waals surface area contributed by atoms with Crippen molar-refractivity contribution in [1.82, 2.24) is 5.32 Å². The Morgan fingerprint density at radius 3 is 3.00 bits per heavy atom. The van der Waals surface area contributed by atoms with E-state index in [0.29, 0.717) is 5.78 Å². The molecular weight excluding hydrogens is 198 g/mol. The molecular formula is C14H19NO. The Bertz CT molecular complexity index is 386. The highest BCUT2D eigenvalue weighted by atomic mass is 16.1. The smallest absolute Gasteiger partial charge is 0.157 e. The molecule has 0 aromatic heterocycles. The van der Waals surface area contributed by atoms with Gasteiger partial charge in [0.25, 0.3) is 0 Å². The fraction of sp³-hybridized carbons (Fsp3) is 0.500. The molecule has 1 aliphatic rings. The van der Waals surface area contributed by atoms with Crippen molar-refractivity contribution < 1.29 is 4.79 Å². The standard InChI is InChI=1S/C14H19NO/c1-3-10(2)14(16)13-12-7-5-4-6-11(12)8-9-15-13/h4-7,10,13,15H,3,8-9H2,1-2H3. The molecule has 2 atom stereocenters. The van der Waals surface area contributed by atoms with Gasteiger partial charge in [0, 0.05) is 12.5 Å². The molecule has 1 aromatic carbocycles. The molecule has 2 nitrogen and oxygen atoms in total. The molecule has 1 heterocycles. The lowest BCUT2D eigenvalue weighted by Gasteiger charge is -2.27. The van der Waals surface area contributed by atoms with Crippen LogP contribution in [0.2, 0.25) is 0 Å². The molecule has 86 valence electrons. The normalized spacial score (nSPS) is 21.2. The quantitative estimate of drug-likeness (QED) is 0.842. The number of ketones is 1. The number of rotatable bonds is 3. The highest BCUT2D eigenvalue weighted by molar-refractivity contribution is 5.87. The first-order valence-corrected chi connectivity index (χ1v) is 6.09. The molecule has 0 fully saturated rings. The lowest BCUT2D eigenvalue weighted by atomic mass is 9.87. The summed E-state index contributed by atoms with van der Waals surface area (Å²) in [5, 5.41) is 3.34. The van der Waals surface area contributed by atoms with Crippen molar-refractivity contribution in [2.75, 3.05) is 6.54 Å². The summed E-state index contributed by atoms with van der Waals surface area (Å²) < 4.78 is 0. The van der Waals surface area contributed by atoms with Crippen molar-refractivity contribution in [1.29, 1.82) is 0 Å². The van der Waals surface area contributed by atoms with E-state index in [1.54, 1.807) is 0 Å². The maximum absolute atomic E-state index is 12.2. The lowest BCUT2D eigenvalue weighted by molar-refractivity contribution is -0.124. The molecule has 2 unspecified atom stereocenters. The number of carbonyl (C=O) groups excluding carboxylic acids is 1. The van der Waals surface area contributed by atoms with E-state index in [1.165, 1.54) is 11.1 Å². The van der Waals surface area contributed by atoms with Crippen molar-refractivity contribution in [2.24, 2.45) is 5.92 Å². The second kappa shape index (κ2) is 4.79. The molecule has 0 aliphatic carbocycles. The minimum absolute atomic E-state index is 0.0834. The molecule has 0 saturated heterocycles. The van der Waals surface area contributed by atoms with Gasteiger partial charge in [-0.05, 0) is 24.0 Å². The Kier molecular flexibility index (Phi) is 3.39. The third-order valence-corrected chi connectivity index (χ3v) is 3.49. The maximum Gasteiger partial charge on any atom is 0.157 e. The van der Waals surface area contributed by atoms with Gasteiger partial charge in [0.1, 0.15) is 0 Å². The zero-order valence-corrected chi connectivity index (χ0v) is 9.99. The van der Waals surface area contributed by atoms with Gasteiger partial charge in [-0.15, -0.1) is 0 Å². The van der Waals surface area contributed by atoms with Crippen LogP contribution >= 0.6 is 0 Å². The molecule has 1 N–H and O–H groups in total. The first-order valence-electron chi connectivity index (χ1n) is 6.09. The molecule has 0 radical (unpaired) electrons. The Labute approximate surface area is 97.1 Å². The number of benzene rings is 1. The molecule has 0 bridgehead atoms. The lowest BCUT2D eigenvalue weighted by Crippen LogP contribution is -2.37. The van der Waals surface area contributed by atoms with Gasteiger partial charge in [-0.3, -0.25) is 4.79 Å². The molecule has 1 aromatic rings. The second-order valence-electron chi connectivity index (χ2n) is 4.55. The molecule has 0 amide bonds. The summed E-state index contributed by atoms with van der Waals surface area (Å²) in [4.78, 5) is 12.2. The van der Waals surface area contributed by atoms with Gasteiger partial charge in [-0.2, -0.15) is 0 Å². The third-order valence-electron chi connectivity index (χ3n) is 3.49. The predicted molar refractivity (Wildman–Crippen MR) is 65.4 cm³/mol. The second-order valence-corrected chi connectivity index (χ2v) is 4.55. The first kappa shape index (κ1) is 11.3. The van der Waals surface area contributed by atoms with Crippen LogP contribution in [0.25, 0.3) is 0 Å². The summed E-state index contributed by atoms with van der Waals surface area (Å²) in [6.07, 6.45) is 1.94. The predicted octanol–water partition coefficient (Wildman–Crippen LogP) is 2.49. The molecule has 1 aliphatic heterocycles. The van der Waals surface area contributed by atoms with Crippen LogP contribution in [0.15, 0.2) is 24.3 Å². The maximum atomic E-state index is 12.2. The van der Waals surface area contributed by atoms with E-state index in [2.05, 4.69) is 30.4 Å². The van der Waals surface area contributed by atoms with Crippen LogP contribution in [0.1, 0.15) is 37.4 Å². The van der Waals surface area contributed by atoms with Gasteiger partial charge in [0.05, 0.1) is 6.04 Å². The topological polar surface area (TPSA) is 29.1 Å². The highest BCUT2D eigenvalue weighted by Crippen LogP contribution is 2.26.